The van der Waals surface area contributed by atoms with Crippen molar-refractivity contribution in [1.82, 2.24) is 14.8 Å². The molecule has 0 bridgehead atoms. The Kier molecular flexibility index (Phi) is 4.64. The van der Waals surface area contributed by atoms with Gasteiger partial charge in [-0.1, -0.05) is 48.2 Å². The van der Waals surface area contributed by atoms with Gasteiger partial charge in [0, 0.05) is 23.8 Å². The summed E-state index contributed by atoms with van der Waals surface area (Å²) in [7, 11) is 0. The number of carbonyl (C=O) groups excluding carboxylic acids is 1. The highest BCUT2D eigenvalue weighted by atomic mass is 32.2. The summed E-state index contributed by atoms with van der Waals surface area (Å²) in [5.41, 5.74) is 3.38. The maximum Gasteiger partial charge on any atom is 0.237 e. The zero-order chi connectivity index (χ0) is 18.9. The summed E-state index contributed by atoms with van der Waals surface area (Å²) >= 11 is 1.48. The molecule has 6 heteroatoms. The van der Waals surface area contributed by atoms with Crippen molar-refractivity contribution in [2.45, 2.75) is 36.8 Å². The van der Waals surface area contributed by atoms with Crippen LogP contribution in [-0.4, -0.2) is 33.0 Å². The monoisotopic (exact) mass is 390 g/mol. The van der Waals surface area contributed by atoms with Gasteiger partial charge in [-0.3, -0.25) is 9.36 Å². The van der Waals surface area contributed by atoms with Crippen molar-refractivity contribution in [1.29, 1.82) is 0 Å². The molecule has 3 aromatic rings. The summed E-state index contributed by atoms with van der Waals surface area (Å²) in [6.45, 7) is 0.787. The second-order valence-corrected chi connectivity index (χ2v) is 8.29. The van der Waals surface area contributed by atoms with Gasteiger partial charge in [-0.05, 0) is 49.4 Å². The van der Waals surface area contributed by atoms with Gasteiger partial charge in [0.1, 0.15) is 5.82 Å². The summed E-state index contributed by atoms with van der Waals surface area (Å²) in [5.74, 6) is 2.01. The van der Waals surface area contributed by atoms with Gasteiger partial charge in [-0.25, -0.2) is 0 Å². The molecule has 0 atom stereocenters. The fourth-order valence-corrected chi connectivity index (χ4v) is 4.63. The smallest absolute Gasteiger partial charge is 0.237 e. The minimum absolute atomic E-state index is 0.132. The van der Waals surface area contributed by atoms with Crippen LogP contribution in [-0.2, 0) is 11.2 Å². The molecule has 1 amide bonds. The molecule has 142 valence electrons. The molecule has 0 radical (unpaired) electrons. The highest BCUT2D eigenvalue weighted by Gasteiger charge is 2.31. The molecule has 1 aliphatic heterocycles. The van der Waals surface area contributed by atoms with Gasteiger partial charge in [0.15, 0.2) is 5.16 Å². The van der Waals surface area contributed by atoms with E-state index in [1.165, 1.54) is 30.2 Å². The zero-order valence-corrected chi connectivity index (χ0v) is 16.4. The van der Waals surface area contributed by atoms with Gasteiger partial charge in [-0.2, -0.15) is 0 Å². The molecule has 1 fully saturated rings. The first kappa shape index (κ1) is 17.5. The predicted octanol–water partition coefficient (Wildman–Crippen LogP) is 4.22. The lowest BCUT2D eigenvalue weighted by molar-refractivity contribution is -0.116. The van der Waals surface area contributed by atoms with Crippen LogP contribution in [0.3, 0.4) is 0 Å². The first-order chi connectivity index (χ1) is 13.8. The number of carbonyl (C=O) groups is 1. The number of hydrogen-bond acceptors (Lipinski definition) is 4. The van der Waals surface area contributed by atoms with E-state index in [0.717, 1.165) is 41.7 Å². The molecule has 0 spiro atoms. The van der Waals surface area contributed by atoms with Gasteiger partial charge < -0.3 is 4.90 Å². The molecule has 5 nitrogen and oxygen atoms in total. The normalized spacial score (nSPS) is 16.1. The number of nitrogens with zero attached hydrogens (tertiary/aromatic N) is 4. The van der Waals surface area contributed by atoms with Crippen molar-refractivity contribution in [3.05, 3.63) is 66.0 Å². The van der Waals surface area contributed by atoms with E-state index >= 15 is 0 Å². The molecular weight excluding hydrogens is 368 g/mol. The summed E-state index contributed by atoms with van der Waals surface area (Å²) in [5, 5.41) is 9.67. The van der Waals surface area contributed by atoms with Crippen LogP contribution in [0.2, 0.25) is 0 Å². The van der Waals surface area contributed by atoms with Gasteiger partial charge in [-0.15, -0.1) is 10.2 Å². The number of para-hydroxylation sites is 2. The Labute approximate surface area is 168 Å². The number of aromatic nitrogens is 3. The van der Waals surface area contributed by atoms with E-state index in [4.69, 9.17) is 0 Å². The van der Waals surface area contributed by atoms with Gasteiger partial charge in [0.05, 0.1) is 5.75 Å². The van der Waals surface area contributed by atoms with Crippen molar-refractivity contribution in [3.8, 4) is 5.69 Å². The summed E-state index contributed by atoms with van der Waals surface area (Å²) < 4.78 is 2.12. The van der Waals surface area contributed by atoms with E-state index in [2.05, 4.69) is 39.0 Å². The van der Waals surface area contributed by atoms with Crippen LogP contribution >= 0.6 is 11.8 Å². The van der Waals surface area contributed by atoms with E-state index in [1.54, 1.807) is 0 Å². The maximum absolute atomic E-state index is 13.0. The quantitative estimate of drug-likeness (QED) is 0.612. The Hall–Kier alpha value is -2.60. The van der Waals surface area contributed by atoms with E-state index < -0.39 is 0 Å². The van der Waals surface area contributed by atoms with E-state index in [0.29, 0.717) is 11.7 Å². The van der Waals surface area contributed by atoms with E-state index in [1.807, 2.05) is 35.2 Å². The van der Waals surface area contributed by atoms with Gasteiger partial charge in [0.25, 0.3) is 0 Å². The Morgan fingerprint density at radius 3 is 2.64 bits per heavy atom. The van der Waals surface area contributed by atoms with Crippen LogP contribution in [0.15, 0.2) is 59.8 Å². The molecule has 1 aromatic heterocycles. The Balaban J connectivity index is 1.37. The van der Waals surface area contributed by atoms with E-state index in [-0.39, 0.29) is 5.91 Å². The third-order valence-electron chi connectivity index (χ3n) is 5.35. The van der Waals surface area contributed by atoms with Crippen LogP contribution < -0.4 is 4.90 Å². The number of rotatable bonds is 5. The lowest BCUT2D eigenvalue weighted by Crippen LogP contribution is -2.36. The largest absolute Gasteiger partial charge is 0.311 e. The number of aryl methyl sites for hydroxylation is 1. The minimum atomic E-state index is 0.132. The SMILES string of the molecule is O=C(CSc1nnc(C2CC2)n1-c1ccccc1)N1CCCc2ccccc21. The highest BCUT2D eigenvalue weighted by Crippen LogP contribution is 2.41. The summed E-state index contributed by atoms with van der Waals surface area (Å²) in [4.78, 5) is 14.9. The minimum Gasteiger partial charge on any atom is -0.311 e. The Morgan fingerprint density at radius 2 is 1.82 bits per heavy atom. The zero-order valence-electron chi connectivity index (χ0n) is 15.6. The van der Waals surface area contributed by atoms with Crippen LogP contribution in [0.5, 0.6) is 0 Å². The Morgan fingerprint density at radius 1 is 1.04 bits per heavy atom. The number of hydrogen-bond donors (Lipinski definition) is 0. The first-order valence-corrected chi connectivity index (χ1v) is 10.8. The first-order valence-electron chi connectivity index (χ1n) is 9.83. The lowest BCUT2D eigenvalue weighted by Gasteiger charge is -2.29. The number of amides is 1. The van der Waals surface area contributed by atoms with Gasteiger partial charge >= 0.3 is 0 Å². The van der Waals surface area contributed by atoms with E-state index in [9.17, 15) is 4.79 Å². The third-order valence-corrected chi connectivity index (χ3v) is 6.27. The van der Waals surface area contributed by atoms with Crippen LogP contribution in [0.1, 0.15) is 36.6 Å². The fraction of sp³-hybridized carbons (Fsp3) is 0.318. The predicted molar refractivity (Wildman–Crippen MR) is 111 cm³/mol. The van der Waals surface area contributed by atoms with Crippen molar-refractivity contribution >= 4 is 23.4 Å². The molecule has 2 aromatic carbocycles. The molecule has 1 saturated carbocycles. The molecule has 28 heavy (non-hydrogen) atoms. The van der Waals surface area contributed by atoms with Crippen LogP contribution in [0, 0.1) is 0 Å². The summed E-state index contributed by atoms with van der Waals surface area (Å²) in [6.07, 6.45) is 4.39. The second kappa shape index (κ2) is 7.43. The number of benzene rings is 2. The van der Waals surface area contributed by atoms with Crippen LogP contribution in [0.4, 0.5) is 5.69 Å². The van der Waals surface area contributed by atoms with Crippen molar-refractivity contribution in [2.24, 2.45) is 0 Å². The molecule has 2 heterocycles. The fourth-order valence-electron chi connectivity index (χ4n) is 3.80. The maximum atomic E-state index is 13.0. The molecule has 0 N–H and O–H groups in total. The topological polar surface area (TPSA) is 51.0 Å². The van der Waals surface area contributed by atoms with Crippen molar-refractivity contribution < 1.29 is 4.79 Å². The molecular formula is C22H22N4OS. The standard InChI is InChI=1S/C22H22N4OS/c27-20(25-14-6-8-16-7-4-5-11-19(16)25)15-28-22-24-23-21(17-12-13-17)26(22)18-9-2-1-3-10-18/h1-5,7,9-11,17H,6,8,12-15H2. The molecule has 2 aliphatic rings. The second-order valence-electron chi connectivity index (χ2n) is 7.35. The van der Waals surface area contributed by atoms with Crippen LogP contribution in [0.25, 0.3) is 5.69 Å². The number of thioether (sulfide) groups is 1. The Bertz CT molecular complexity index is 997. The number of fused-ring (bicyclic) bond motifs is 1. The third kappa shape index (κ3) is 3.33. The van der Waals surface area contributed by atoms with Gasteiger partial charge in [0.2, 0.25) is 5.91 Å². The molecule has 0 saturated heterocycles. The lowest BCUT2D eigenvalue weighted by atomic mass is 10.0. The van der Waals surface area contributed by atoms with Crippen molar-refractivity contribution in [2.75, 3.05) is 17.2 Å². The molecule has 1 aliphatic carbocycles. The molecule has 0 unspecified atom stereocenters. The average molecular weight is 391 g/mol. The highest BCUT2D eigenvalue weighted by molar-refractivity contribution is 7.99. The van der Waals surface area contributed by atoms with Crippen molar-refractivity contribution in [3.63, 3.8) is 0 Å². The number of anilines is 1. The summed E-state index contributed by atoms with van der Waals surface area (Å²) in [6, 6.07) is 18.4. The average Bonchev–Trinajstić information content (AvgIpc) is 3.51. The molecule has 5 rings (SSSR count).